The van der Waals surface area contributed by atoms with Gasteiger partial charge in [0.2, 0.25) is 5.89 Å². The van der Waals surface area contributed by atoms with E-state index in [1.54, 1.807) is 0 Å². The molecule has 18 heavy (non-hydrogen) atoms. The smallest absolute Gasteiger partial charge is 0.230 e. The van der Waals surface area contributed by atoms with Crippen molar-refractivity contribution in [3.8, 4) is 0 Å². The first-order valence-electron chi connectivity index (χ1n) is 6.88. The van der Waals surface area contributed by atoms with Crippen LogP contribution in [0.15, 0.2) is 4.52 Å². The van der Waals surface area contributed by atoms with E-state index in [-0.39, 0.29) is 5.54 Å². The van der Waals surface area contributed by atoms with Gasteiger partial charge in [-0.25, -0.2) is 0 Å². The number of thioether (sulfide) groups is 1. The first-order valence-corrected chi connectivity index (χ1v) is 8.03. The number of hydrogen-bond donors (Lipinski definition) is 1. The van der Waals surface area contributed by atoms with Gasteiger partial charge in [0.25, 0.3) is 0 Å². The van der Waals surface area contributed by atoms with E-state index >= 15 is 0 Å². The van der Waals surface area contributed by atoms with Crippen molar-refractivity contribution < 1.29 is 4.52 Å². The van der Waals surface area contributed by atoms with E-state index in [9.17, 15) is 0 Å². The summed E-state index contributed by atoms with van der Waals surface area (Å²) in [7, 11) is 0. The lowest BCUT2D eigenvalue weighted by Gasteiger charge is -2.33. The van der Waals surface area contributed by atoms with Gasteiger partial charge in [0.1, 0.15) is 0 Å². The summed E-state index contributed by atoms with van der Waals surface area (Å²) in [5.74, 6) is 4.95. The highest BCUT2D eigenvalue weighted by molar-refractivity contribution is 7.99. The molecule has 1 saturated carbocycles. The molecular formula is C13H21N3OS. The number of nitrogens with two attached hydrogens (primary N) is 1. The molecule has 3 atom stereocenters. The second-order valence-electron chi connectivity index (χ2n) is 5.87. The normalized spacial score (nSPS) is 37.0. The molecule has 0 amide bonds. The minimum Gasteiger partial charge on any atom is -0.339 e. The van der Waals surface area contributed by atoms with E-state index < -0.39 is 0 Å². The van der Waals surface area contributed by atoms with E-state index in [4.69, 9.17) is 10.3 Å². The molecule has 2 heterocycles. The van der Waals surface area contributed by atoms with Crippen molar-refractivity contribution >= 4 is 11.8 Å². The van der Waals surface area contributed by atoms with Crippen LogP contribution in [0.5, 0.6) is 0 Å². The number of aromatic nitrogens is 2. The fraction of sp³-hybridized carbons (Fsp3) is 0.846. The third-order valence-electron chi connectivity index (χ3n) is 4.20. The van der Waals surface area contributed by atoms with Crippen molar-refractivity contribution in [2.24, 2.45) is 11.7 Å². The van der Waals surface area contributed by atoms with Crippen LogP contribution >= 0.6 is 11.8 Å². The second-order valence-corrected chi connectivity index (χ2v) is 7.02. The Hall–Kier alpha value is -0.550. The van der Waals surface area contributed by atoms with Crippen LogP contribution in [0.3, 0.4) is 0 Å². The maximum atomic E-state index is 6.49. The van der Waals surface area contributed by atoms with Crippen LogP contribution in [0.2, 0.25) is 0 Å². The first kappa shape index (κ1) is 12.5. The van der Waals surface area contributed by atoms with Crippen LogP contribution in [0, 0.1) is 5.92 Å². The first-order chi connectivity index (χ1) is 8.67. The van der Waals surface area contributed by atoms with Crippen molar-refractivity contribution in [2.45, 2.75) is 50.5 Å². The molecule has 0 bridgehead atoms. The molecule has 0 radical (unpaired) electrons. The summed E-state index contributed by atoms with van der Waals surface area (Å²) in [4.78, 5) is 4.61. The molecule has 1 aliphatic heterocycles. The number of nitrogens with zero attached hydrogens (tertiary/aromatic N) is 2. The summed E-state index contributed by atoms with van der Waals surface area (Å²) in [6, 6.07) is 0. The Kier molecular flexibility index (Phi) is 3.36. The van der Waals surface area contributed by atoms with Gasteiger partial charge < -0.3 is 10.3 Å². The van der Waals surface area contributed by atoms with E-state index in [0.29, 0.717) is 11.8 Å². The summed E-state index contributed by atoms with van der Waals surface area (Å²) in [6.45, 7) is 2.26. The molecule has 2 aliphatic rings. The van der Waals surface area contributed by atoms with E-state index in [0.717, 1.165) is 36.7 Å². The van der Waals surface area contributed by atoms with Crippen LogP contribution in [-0.4, -0.2) is 21.6 Å². The Morgan fingerprint density at radius 2 is 2.33 bits per heavy atom. The summed E-state index contributed by atoms with van der Waals surface area (Å²) in [5, 5.41) is 4.17. The third kappa shape index (κ3) is 2.30. The highest BCUT2D eigenvalue weighted by Crippen LogP contribution is 2.38. The average molecular weight is 267 g/mol. The molecule has 2 N–H and O–H groups in total. The molecule has 0 aromatic carbocycles. The lowest BCUT2D eigenvalue weighted by atomic mass is 9.76. The van der Waals surface area contributed by atoms with Gasteiger partial charge in [0.15, 0.2) is 5.82 Å². The maximum Gasteiger partial charge on any atom is 0.230 e. The van der Waals surface area contributed by atoms with Crippen molar-refractivity contribution in [2.75, 3.05) is 11.5 Å². The van der Waals surface area contributed by atoms with Crippen LogP contribution in [0.4, 0.5) is 0 Å². The molecular weight excluding hydrogens is 246 g/mol. The molecule has 1 saturated heterocycles. The Balaban J connectivity index is 1.79. The molecule has 4 nitrogen and oxygen atoms in total. The van der Waals surface area contributed by atoms with Gasteiger partial charge in [-0.3, -0.25) is 0 Å². The molecule has 1 aromatic heterocycles. The molecule has 5 heteroatoms. The monoisotopic (exact) mass is 267 g/mol. The highest BCUT2D eigenvalue weighted by atomic mass is 32.2. The van der Waals surface area contributed by atoms with Gasteiger partial charge in [-0.2, -0.15) is 16.7 Å². The van der Waals surface area contributed by atoms with Crippen molar-refractivity contribution in [3.63, 3.8) is 0 Å². The van der Waals surface area contributed by atoms with Gasteiger partial charge in [0.05, 0.1) is 5.54 Å². The summed E-state index contributed by atoms with van der Waals surface area (Å²) in [6.07, 6.45) is 5.55. The van der Waals surface area contributed by atoms with Crippen LogP contribution in [-0.2, 0) is 5.54 Å². The predicted molar refractivity (Wildman–Crippen MR) is 72.5 cm³/mol. The zero-order valence-electron chi connectivity index (χ0n) is 10.9. The zero-order valence-corrected chi connectivity index (χ0v) is 11.7. The lowest BCUT2D eigenvalue weighted by molar-refractivity contribution is 0.221. The molecule has 3 unspecified atom stereocenters. The second kappa shape index (κ2) is 4.85. The topological polar surface area (TPSA) is 64.9 Å². The van der Waals surface area contributed by atoms with Gasteiger partial charge in [-0.15, -0.1) is 0 Å². The molecule has 100 valence electrons. The van der Waals surface area contributed by atoms with Crippen LogP contribution < -0.4 is 5.73 Å². The third-order valence-corrected chi connectivity index (χ3v) is 5.36. The summed E-state index contributed by atoms with van der Waals surface area (Å²) in [5.41, 5.74) is 6.14. The lowest BCUT2D eigenvalue weighted by Crippen LogP contribution is -2.42. The fourth-order valence-corrected chi connectivity index (χ4v) is 4.34. The van der Waals surface area contributed by atoms with Gasteiger partial charge in [-0.05, 0) is 30.9 Å². The van der Waals surface area contributed by atoms with Crippen LogP contribution in [0.25, 0.3) is 0 Å². The SMILES string of the molecule is CC1CCCC(N)(c2noc(C3CCSC3)n2)C1. The largest absolute Gasteiger partial charge is 0.339 e. The van der Waals surface area contributed by atoms with Gasteiger partial charge in [0, 0.05) is 11.7 Å². The molecule has 2 fully saturated rings. The molecule has 3 rings (SSSR count). The Labute approximate surface area is 112 Å². The minimum absolute atomic E-state index is 0.356. The molecule has 1 aliphatic carbocycles. The molecule has 1 aromatic rings. The molecule has 0 spiro atoms. The van der Waals surface area contributed by atoms with Crippen molar-refractivity contribution in [1.29, 1.82) is 0 Å². The average Bonchev–Trinajstić information content (AvgIpc) is 3.00. The Bertz CT molecular complexity index is 416. The maximum absolute atomic E-state index is 6.49. The number of rotatable bonds is 2. The van der Waals surface area contributed by atoms with Gasteiger partial charge in [-0.1, -0.05) is 24.9 Å². The van der Waals surface area contributed by atoms with E-state index in [1.165, 1.54) is 18.6 Å². The predicted octanol–water partition coefficient (Wildman–Crippen LogP) is 2.65. The van der Waals surface area contributed by atoms with E-state index in [2.05, 4.69) is 17.1 Å². The summed E-state index contributed by atoms with van der Waals surface area (Å²) < 4.78 is 5.45. The standard InChI is InChI=1S/C13H21N3OS/c1-9-3-2-5-13(14,7-9)12-15-11(17-16-12)10-4-6-18-8-10/h9-10H,2-8,14H2,1H3. The Morgan fingerprint density at radius 3 is 3.06 bits per heavy atom. The fourth-order valence-electron chi connectivity index (χ4n) is 3.13. The summed E-state index contributed by atoms with van der Waals surface area (Å²) >= 11 is 1.96. The van der Waals surface area contributed by atoms with Crippen molar-refractivity contribution in [1.82, 2.24) is 10.1 Å². The van der Waals surface area contributed by atoms with Gasteiger partial charge >= 0.3 is 0 Å². The van der Waals surface area contributed by atoms with E-state index in [1.807, 2.05) is 11.8 Å². The zero-order chi connectivity index (χ0) is 12.6. The Morgan fingerprint density at radius 1 is 1.44 bits per heavy atom. The quantitative estimate of drug-likeness (QED) is 0.892. The minimum atomic E-state index is -0.356. The highest BCUT2D eigenvalue weighted by Gasteiger charge is 2.37. The number of hydrogen-bond acceptors (Lipinski definition) is 5. The van der Waals surface area contributed by atoms with Crippen LogP contribution in [0.1, 0.15) is 56.7 Å². The van der Waals surface area contributed by atoms with Crippen molar-refractivity contribution in [3.05, 3.63) is 11.7 Å².